The van der Waals surface area contributed by atoms with Gasteiger partial charge in [0.15, 0.2) is 0 Å². The van der Waals surface area contributed by atoms with Crippen LogP contribution in [0.5, 0.6) is 0 Å². The zero-order valence-corrected chi connectivity index (χ0v) is 18.1. The molecule has 2 aromatic carbocycles. The summed E-state index contributed by atoms with van der Waals surface area (Å²) in [4.78, 5) is 38.2. The maximum absolute atomic E-state index is 13.0. The van der Waals surface area contributed by atoms with Gasteiger partial charge in [-0.05, 0) is 41.5 Å². The van der Waals surface area contributed by atoms with Crippen molar-refractivity contribution in [1.29, 1.82) is 0 Å². The molecule has 2 aromatic rings. The van der Waals surface area contributed by atoms with Crippen LogP contribution in [0, 0.1) is 0 Å². The van der Waals surface area contributed by atoms with E-state index in [4.69, 9.17) is 9.84 Å². The van der Waals surface area contributed by atoms with Crippen LogP contribution in [0.4, 0.5) is 4.79 Å². The molecule has 1 aliphatic heterocycles. The Hall–Kier alpha value is -3.35. The summed E-state index contributed by atoms with van der Waals surface area (Å²) in [5.41, 5.74) is 4.55. The second-order valence-corrected chi connectivity index (χ2v) is 8.36. The molecule has 0 saturated carbocycles. The molecule has 2 aliphatic rings. The van der Waals surface area contributed by atoms with Crippen molar-refractivity contribution in [1.82, 2.24) is 10.2 Å². The SMILES string of the molecule is CCC(NC(=O)OCC1c2ccccc2-c2ccccc21)C(=O)N1CCCC1CC(=O)O. The van der Waals surface area contributed by atoms with E-state index < -0.39 is 18.1 Å². The third-order valence-corrected chi connectivity index (χ3v) is 6.41. The molecule has 4 rings (SSSR count). The first-order chi connectivity index (χ1) is 15.5. The summed E-state index contributed by atoms with van der Waals surface area (Å²) in [7, 11) is 0. The maximum Gasteiger partial charge on any atom is 0.407 e. The quantitative estimate of drug-likeness (QED) is 0.689. The number of nitrogens with one attached hydrogen (secondary N) is 1. The van der Waals surface area contributed by atoms with E-state index in [0.29, 0.717) is 19.4 Å². The van der Waals surface area contributed by atoms with Gasteiger partial charge in [-0.15, -0.1) is 0 Å². The molecule has 32 heavy (non-hydrogen) atoms. The van der Waals surface area contributed by atoms with Crippen molar-refractivity contribution >= 4 is 18.0 Å². The van der Waals surface area contributed by atoms with Crippen LogP contribution >= 0.6 is 0 Å². The number of alkyl carbamates (subject to hydrolysis) is 1. The number of fused-ring (bicyclic) bond motifs is 3. The van der Waals surface area contributed by atoms with Gasteiger partial charge in [-0.25, -0.2) is 4.79 Å². The van der Waals surface area contributed by atoms with Crippen molar-refractivity contribution in [2.75, 3.05) is 13.2 Å². The molecular formula is C25H28N2O5. The number of nitrogens with zero attached hydrogens (tertiary/aromatic N) is 1. The second-order valence-electron chi connectivity index (χ2n) is 8.36. The van der Waals surface area contributed by atoms with Gasteiger partial charge in [-0.3, -0.25) is 9.59 Å². The minimum Gasteiger partial charge on any atom is -0.481 e. The molecule has 1 fully saturated rings. The molecule has 2 unspecified atom stereocenters. The lowest BCUT2D eigenvalue weighted by Gasteiger charge is -2.28. The zero-order valence-electron chi connectivity index (χ0n) is 18.1. The molecule has 1 aliphatic carbocycles. The molecule has 2 N–H and O–H groups in total. The lowest BCUT2D eigenvalue weighted by molar-refractivity contribution is -0.140. The van der Waals surface area contributed by atoms with Crippen molar-refractivity contribution in [3.05, 3.63) is 59.7 Å². The summed E-state index contributed by atoms with van der Waals surface area (Å²) in [5.74, 6) is -1.22. The van der Waals surface area contributed by atoms with E-state index in [1.165, 1.54) is 0 Å². The lowest BCUT2D eigenvalue weighted by Crippen LogP contribution is -2.50. The fraction of sp³-hybridized carbons (Fsp3) is 0.400. The summed E-state index contributed by atoms with van der Waals surface area (Å²) < 4.78 is 5.56. The number of aliphatic carboxylic acids is 1. The summed E-state index contributed by atoms with van der Waals surface area (Å²) in [6, 6.07) is 15.1. The molecule has 2 atom stereocenters. The summed E-state index contributed by atoms with van der Waals surface area (Å²) in [5, 5.41) is 11.8. The Kier molecular flexibility index (Phi) is 6.44. The highest BCUT2D eigenvalue weighted by atomic mass is 16.5. The Bertz CT molecular complexity index is 975. The van der Waals surface area contributed by atoms with Crippen LogP contribution in [0.25, 0.3) is 11.1 Å². The highest BCUT2D eigenvalue weighted by molar-refractivity contribution is 5.86. The first-order valence-corrected chi connectivity index (χ1v) is 11.1. The van der Waals surface area contributed by atoms with E-state index in [1.54, 1.807) is 4.90 Å². The predicted octanol–water partition coefficient (Wildman–Crippen LogP) is 3.77. The Labute approximate surface area is 187 Å². The smallest absolute Gasteiger partial charge is 0.407 e. The van der Waals surface area contributed by atoms with Gasteiger partial charge in [0.05, 0.1) is 6.42 Å². The van der Waals surface area contributed by atoms with Gasteiger partial charge in [0.1, 0.15) is 12.6 Å². The molecule has 2 amide bonds. The van der Waals surface area contributed by atoms with E-state index in [2.05, 4.69) is 29.6 Å². The largest absolute Gasteiger partial charge is 0.481 e. The van der Waals surface area contributed by atoms with Crippen LogP contribution in [0.1, 0.15) is 49.7 Å². The van der Waals surface area contributed by atoms with Crippen molar-refractivity contribution in [3.8, 4) is 11.1 Å². The number of carbonyl (C=O) groups is 3. The summed E-state index contributed by atoms with van der Waals surface area (Å²) in [6.07, 6.45) is 1.12. The Morgan fingerprint density at radius 1 is 1.09 bits per heavy atom. The average molecular weight is 437 g/mol. The van der Waals surface area contributed by atoms with Crippen molar-refractivity contribution < 1.29 is 24.2 Å². The highest BCUT2D eigenvalue weighted by Gasteiger charge is 2.35. The Morgan fingerprint density at radius 3 is 2.31 bits per heavy atom. The Balaban J connectivity index is 1.39. The van der Waals surface area contributed by atoms with Crippen LogP contribution in [0.15, 0.2) is 48.5 Å². The Morgan fingerprint density at radius 2 is 1.72 bits per heavy atom. The van der Waals surface area contributed by atoms with Crippen molar-refractivity contribution in [2.45, 2.75) is 50.6 Å². The predicted molar refractivity (Wildman–Crippen MR) is 119 cm³/mol. The molecule has 7 nitrogen and oxygen atoms in total. The van der Waals surface area contributed by atoms with Gasteiger partial charge >= 0.3 is 12.1 Å². The van der Waals surface area contributed by atoms with Gasteiger partial charge in [-0.2, -0.15) is 0 Å². The topological polar surface area (TPSA) is 95.9 Å². The molecule has 1 heterocycles. The first-order valence-electron chi connectivity index (χ1n) is 11.1. The molecule has 1 saturated heterocycles. The van der Waals surface area contributed by atoms with Crippen LogP contribution in [0.2, 0.25) is 0 Å². The maximum atomic E-state index is 13.0. The van der Waals surface area contributed by atoms with E-state index in [1.807, 2.05) is 31.2 Å². The molecule has 0 radical (unpaired) electrons. The minimum atomic E-state index is -0.924. The van der Waals surface area contributed by atoms with E-state index in [0.717, 1.165) is 28.7 Å². The van der Waals surface area contributed by atoms with Gasteiger partial charge in [0, 0.05) is 18.5 Å². The second kappa shape index (κ2) is 9.42. The van der Waals surface area contributed by atoms with Gasteiger partial charge in [0.2, 0.25) is 5.91 Å². The van der Waals surface area contributed by atoms with E-state index in [-0.39, 0.29) is 30.9 Å². The van der Waals surface area contributed by atoms with Gasteiger partial charge in [-0.1, -0.05) is 55.5 Å². The molecule has 168 valence electrons. The number of hydrogen-bond donors (Lipinski definition) is 2. The monoisotopic (exact) mass is 436 g/mol. The van der Waals surface area contributed by atoms with E-state index >= 15 is 0 Å². The third kappa shape index (κ3) is 4.33. The molecule has 7 heteroatoms. The number of amides is 2. The fourth-order valence-corrected chi connectivity index (χ4v) is 4.86. The van der Waals surface area contributed by atoms with Crippen LogP contribution < -0.4 is 5.32 Å². The number of likely N-dealkylation sites (tertiary alicyclic amines) is 1. The van der Waals surface area contributed by atoms with Gasteiger partial charge in [0.25, 0.3) is 0 Å². The number of carboxylic acid groups (broad SMARTS) is 1. The number of rotatable bonds is 7. The minimum absolute atomic E-state index is 0.0533. The van der Waals surface area contributed by atoms with Crippen LogP contribution in [0.3, 0.4) is 0 Å². The molecule has 0 spiro atoms. The number of carboxylic acids is 1. The number of hydrogen-bond acceptors (Lipinski definition) is 4. The number of carbonyl (C=O) groups excluding carboxylic acids is 2. The number of benzene rings is 2. The number of ether oxygens (including phenoxy) is 1. The third-order valence-electron chi connectivity index (χ3n) is 6.41. The lowest BCUT2D eigenvalue weighted by atomic mass is 9.98. The molecule has 0 aromatic heterocycles. The normalized spacial score (nSPS) is 18.0. The first kappa shape index (κ1) is 21.9. The highest BCUT2D eigenvalue weighted by Crippen LogP contribution is 2.44. The fourth-order valence-electron chi connectivity index (χ4n) is 4.86. The van der Waals surface area contributed by atoms with Gasteiger partial charge < -0.3 is 20.1 Å². The summed E-state index contributed by atoms with van der Waals surface area (Å²) >= 11 is 0. The van der Waals surface area contributed by atoms with E-state index in [9.17, 15) is 14.4 Å². The zero-order chi connectivity index (χ0) is 22.7. The van der Waals surface area contributed by atoms with Crippen LogP contribution in [-0.4, -0.2) is 53.2 Å². The average Bonchev–Trinajstić information content (AvgIpc) is 3.37. The van der Waals surface area contributed by atoms with Crippen molar-refractivity contribution in [3.63, 3.8) is 0 Å². The van der Waals surface area contributed by atoms with Crippen molar-refractivity contribution in [2.24, 2.45) is 0 Å². The standard InChI is InChI=1S/C25H28N2O5/c1-2-22(24(30)27-13-7-8-16(27)14-23(28)29)26-25(31)32-15-21-19-11-5-3-9-17(19)18-10-4-6-12-20(18)21/h3-6,9-12,16,21-22H,2,7-8,13-15H2,1H3,(H,26,31)(H,28,29). The van der Waals surface area contributed by atoms with Crippen LogP contribution in [-0.2, 0) is 14.3 Å². The molecular weight excluding hydrogens is 408 g/mol. The molecule has 0 bridgehead atoms. The summed E-state index contributed by atoms with van der Waals surface area (Å²) in [6.45, 7) is 2.50.